The second kappa shape index (κ2) is 7.68. The van der Waals surface area contributed by atoms with E-state index in [9.17, 15) is 8.78 Å². The molecule has 1 heterocycles. The topological polar surface area (TPSA) is 34.1 Å². The molecule has 0 spiro atoms. The van der Waals surface area contributed by atoms with Crippen LogP contribution in [0.25, 0.3) is 0 Å². The molecule has 0 atom stereocenters. The molecule has 3 nitrogen and oxygen atoms in total. The number of rotatable bonds is 7. The lowest BCUT2D eigenvalue weighted by Gasteiger charge is -2.08. The van der Waals surface area contributed by atoms with Gasteiger partial charge >= 0.3 is 0 Å². The molecule has 0 fully saturated rings. The third kappa shape index (κ3) is 4.24. The Kier molecular flexibility index (Phi) is 5.90. The van der Waals surface area contributed by atoms with Gasteiger partial charge in [-0.3, -0.25) is 0 Å². The molecule has 0 radical (unpaired) electrons. The standard InChI is InChI=1S/C13H14F2N2OS2/c1-18-4-2-16-8-9-6-10(14)12(11(15)7-9)20-13-17-3-5-19-13/h3,5-7,16H,2,4,8H2,1H3. The van der Waals surface area contributed by atoms with Gasteiger partial charge in [-0.05, 0) is 17.7 Å². The van der Waals surface area contributed by atoms with E-state index in [2.05, 4.69) is 10.3 Å². The summed E-state index contributed by atoms with van der Waals surface area (Å²) in [6.45, 7) is 1.59. The molecule has 0 amide bonds. The fraction of sp³-hybridized carbons (Fsp3) is 0.308. The lowest BCUT2D eigenvalue weighted by molar-refractivity contribution is 0.199. The van der Waals surface area contributed by atoms with Crippen molar-refractivity contribution in [3.8, 4) is 0 Å². The maximum absolute atomic E-state index is 13.9. The molecule has 0 bridgehead atoms. The van der Waals surface area contributed by atoms with Gasteiger partial charge in [-0.15, -0.1) is 11.3 Å². The highest BCUT2D eigenvalue weighted by Gasteiger charge is 2.13. The monoisotopic (exact) mass is 316 g/mol. The summed E-state index contributed by atoms with van der Waals surface area (Å²) in [5.74, 6) is -1.12. The first kappa shape index (κ1) is 15.4. The molecular formula is C13H14F2N2OS2. The molecule has 0 aliphatic carbocycles. The summed E-state index contributed by atoms with van der Waals surface area (Å²) < 4.78 is 33.4. The van der Waals surface area contributed by atoms with Crippen molar-refractivity contribution >= 4 is 23.1 Å². The fourth-order valence-corrected chi connectivity index (χ4v) is 3.14. The second-order valence-corrected chi connectivity index (χ2v) is 6.11. The van der Waals surface area contributed by atoms with Crippen LogP contribution in [0.1, 0.15) is 5.56 Å². The van der Waals surface area contributed by atoms with Crippen LogP contribution in [-0.4, -0.2) is 25.2 Å². The molecule has 108 valence electrons. The van der Waals surface area contributed by atoms with Gasteiger partial charge in [0.2, 0.25) is 0 Å². The number of methoxy groups -OCH3 is 1. The number of nitrogens with zero attached hydrogens (tertiary/aromatic N) is 1. The minimum Gasteiger partial charge on any atom is -0.383 e. The van der Waals surface area contributed by atoms with Crippen molar-refractivity contribution in [2.75, 3.05) is 20.3 Å². The first-order chi connectivity index (χ1) is 9.70. The summed E-state index contributed by atoms with van der Waals surface area (Å²) in [5.41, 5.74) is 0.569. The Labute approximate surface area is 124 Å². The number of aromatic nitrogens is 1. The Morgan fingerprint density at radius 1 is 1.35 bits per heavy atom. The zero-order valence-electron chi connectivity index (χ0n) is 10.9. The molecule has 0 aliphatic heterocycles. The third-order valence-electron chi connectivity index (χ3n) is 2.47. The van der Waals surface area contributed by atoms with E-state index >= 15 is 0 Å². The van der Waals surface area contributed by atoms with Crippen LogP contribution >= 0.6 is 23.1 Å². The Balaban J connectivity index is 2.04. The fourth-order valence-electron chi connectivity index (χ4n) is 1.57. The molecular weight excluding hydrogens is 302 g/mol. The van der Waals surface area contributed by atoms with Crippen molar-refractivity contribution in [3.63, 3.8) is 0 Å². The van der Waals surface area contributed by atoms with Gasteiger partial charge in [0.05, 0.1) is 11.5 Å². The summed E-state index contributed by atoms with van der Waals surface area (Å²) in [4.78, 5) is 3.99. The van der Waals surface area contributed by atoms with E-state index in [0.717, 1.165) is 11.8 Å². The quantitative estimate of drug-likeness (QED) is 0.795. The summed E-state index contributed by atoms with van der Waals surface area (Å²) in [6, 6.07) is 2.69. The van der Waals surface area contributed by atoms with Crippen molar-refractivity contribution in [1.29, 1.82) is 0 Å². The van der Waals surface area contributed by atoms with E-state index in [4.69, 9.17) is 4.74 Å². The van der Waals surface area contributed by atoms with Crippen LogP contribution in [0.15, 0.2) is 32.9 Å². The van der Waals surface area contributed by atoms with Crippen molar-refractivity contribution in [1.82, 2.24) is 10.3 Å². The highest BCUT2D eigenvalue weighted by Crippen LogP contribution is 2.33. The normalized spacial score (nSPS) is 10.9. The highest BCUT2D eigenvalue weighted by atomic mass is 32.2. The van der Waals surface area contributed by atoms with Crippen LogP contribution in [0.2, 0.25) is 0 Å². The maximum Gasteiger partial charge on any atom is 0.154 e. The lowest BCUT2D eigenvalue weighted by atomic mass is 10.2. The summed E-state index contributed by atoms with van der Waals surface area (Å²) in [6.07, 6.45) is 1.61. The minimum atomic E-state index is -0.561. The van der Waals surface area contributed by atoms with Crippen LogP contribution < -0.4 is 5.32 Å². The number of hydrogen-bond donors (Lipinski definition) is 1. The van der Waals surface area contributed by atoms with Gasteiger partial charge in [0, 0.05) is 31.8 Å². The summed E-state index contributed by atoms with van der Waals surface area (Å²) >= 11 is 2.36. The Bertz CT molecular complexity index is 526. The Hall–Kier alpha value is -1.02. The minimum absolute atomic E-state index is 0.0133. The van der Waals surface area contributed by atoms with E-state index in [-0.39, 0.29) is 4.90 Å². The Morgan fingerprint density at radius 3 is 2.70 bits per heavy atom. The molecule has 0 saturated carbocycles. The predicted molar refractivity (Wildman–Crippen MR) is 76.2 cm³/mol. The van der Waals surface area contributed by atoms with Gasteiger partial charge in [-0.2, -0.15) is 0 Å². The van der Waals surface area contributed by atoms with E-state index in [0.29, 0.717) is 29.6 Å². The van der Waals surface area contributed by atoms with E-state index < -0.39 is 11.6 Å². The molecule has 0 unspecified atom stereocenters. The molecule has 7 heteroatoms. The molecule has 20 heavy (non-hydrogen) atoms. The molecule has 1 aromatic carbocycles. The van der Waals surface area contributed by atoms with Gasteiger partial charge < -0.3 is 10.1 Å². The maximum atomic E-state index is 13.9. The number of thiazole rings is 1. The largest absolute Gasteiger partial charge is 0.383 e. The molecule has 1 N–H and O–H groups in total. The van der Waals surface area contributed by atoms with Crippen molar-refractivity contribution in [2.24, 2.45) is 0 Å². The van der Waals surface area contributed by atoms with Gasteiger partial charge in [0.1, 0.15) is 11.6 Å². The van der Waals surface area contributed by atoms with Crippen LogP contribution in [0, 0.1) is 11.6 Å². The van der Waals surface area contributed by atoms with Crippen molar-refractivity contribution < 1.29 is 13.5 Å². The first-order valence-corrected chi connectivity index (χ1v) is 7.65. The van der Waals surface area contributed by atoms with Crippen LogP contribution in [-0.2, 0) is 11.3 Å². The number of nitrogens with one attached hydrogen (secondary N) is 1. The van der Waals surface area contributed by atoms with Gasteiger partial charge in [0.25, 0.3) is 0 Å². The van der Waals surface area contributed by atoms with Crippen molar-refractivity contribution in [2.45, 2.75) is 15.8 Å². The molecule has 2 rings (SSSR count). The third-order valence-corrected chi connectivity index (χ3v) is 4.45. The highest BCUT2D eigenvalue weighted by molar-refractivity contribution is 8.01. The molecule has 2 aromatic rings. The van der Waals surface area contributed by atoms with Crippen LogP contribution in [0.3, 0.4) is 0 Å². The van der Waals surface area contributed by atoms with Gasteiger partial charge in [-0.1, -0.05) is 11.8 Å². The number of ether oxygens (including phenoxy) is 1. The average Bonchev–Trinajstić information content (AvgIpc) is 2.92. The zero-order chi connectivity index (χ0) is 14.4. The second-order valence-electron chi connectivity index (χ2n) is 3.96. The first-order valence-electron chi connectivity index (χ1n) is 5.95. The molecule has 0 saturated heterocycles. The van der Waals surface area contributed by atoms with Crippen LogP contribution in [0.5, 0.6) is 0 Å². The average molecular weight is 316 g/mol. The van der Waals surface area contributed by atoms with Crippen molar-refractivity contribution in [3.05, 3.63) is 40.9 Å². The summed E-state index contributed by atoms with van der Waals surface area (Å²) in [7, 11) is 1.60. The van der Waals surface area contributed by atoms with E-state index in [1.807, 2.05) is 0 Å². The summed E-state index contributed by atoms with van der Waals surface area (Å²) in [5, 5.41) is 4.82. The lowest BCUT2D eigenvalue weighted by Crippen LogP contribution is -2.18. The molecule has 1 aromatic heterocycles. The number of hydrogen-bond acceptors (Lipinski definition) is 5. The zero-order valence-corrected chi connectivity index (χ0v) is 12.5. The van der Waals surface area contributed by atoms with Crippen LogP contribution in [0.4, 0.5) is 8.78 Å². The molecule has 0 aliphatic rings. The SMILES string of the molecule is COCCNCc1cc(F)c(Sc2nccs2)c(F)c1. The number of halogens is 2. The van der Waals surface area contributed by atoms with E-state index in [1.54, 1.807) is 18.7 Å². The Morgan fingerprint density at radius 2 is 2.10 bits per heavy atom. The number of benzene rings is 1. The predicted octanol–water partition coefficient (Wildman–Crippen LogP) is 3.31. The van der Waals surface area contributed by atoms with Gasteiger partial charge in [-0.25, -0.2) is 13.8 Å². The van der Waals surface area contributed by atoms with Gasteiger partial charge in [0.15, 0.2) is 4.34 Å². The smallest absolute Gasteiger partial charge is 0.154 e. The van der Waals surface area contributed by atoms with E-state index in [1.165, 1.54) is 23.5 Å².